The van der Waals surface area contributed by atoms with Crippen molar-refractivity contribution >= 4 is 23.7 Å². The number of anilines is 1. The Morgan fingerprint density at radius 3 is 2.56 bits per heavy atom. The van der Waals surface area contributed by atoms with Gasteiger partial charge in [0.25, 0.3) is 0 Å². The molecule has 7 heteroatoms. The van der Waals surface area contributed by atoms with Crippen LogP contribution in [0.1, 0.15) is 11.3 Å². The fourth-order valence-corrected chi connectivity index (χ4v) is 2.75. The summed E-state index contributed by atoms with van der Waals surface area (Å²) in [7, 11) is 0. The van der Waals surface area contributed by atoms with Gasteiger partial charge >= 0.3 is 6.03 Å². The van der Waals surface area contributed by atoms with Crippen molar-refractivity contribution in [2.24, 2.45) is 0 Å². The molecule has 2 aromatic carbocycles. The van der Waals surface area contributed by atoms with Crippen LogP contribution in [0.5, 0.6) is 0 Å². The number of hydrogen-bond donors (Lipinski definition) is 3. The number of urea groups is 1. The van der Waals surface area contributed by atoms with Gasteiger partial charge in [-0.1, -0.05) is 30.3 Å². The third-order valence-corrected chi connectivity index (χ3v) is 4.12. The molecule has 0 aliphatic rings. The van der Waals surface area contributed by atoms with E-state index in [1.165, 1.54) is 12.0 Å². The number of rotatable bonds is 7. The summed E-state index contributed by atoms with van der Waals surface area (Å²) in [5.74, 6) is 0.603. The molecule has 3 N–H and O–H groups in total. The van der Waals surface area contributed by atoms with Crippen molar-refractivity contribution in [1.82, 2.24) is 15.0 Å². The van der Waals surface area contributed by atoms with Crippen molar-refractivity contribution in [3.8, 4) is 0 Å². The van der Waals surface area contributed by atoms with E-state index in [2.05, 4.69) is 32.5 Å². The Kier molecular flexibility index (Phi) is 6.08. The maximum Gasteiger partial charge on any atom is 0.319 e. The summed E-state index contributed by atoms with van der Waals surface area (Å²) in [6, 6.07) is 17.6. The molecular weight excluding hydrogens is 336 g/mol. The minimum atomic E-state index is -0.293. The Morgan fingerprint density at radius 2 is 1.84 bits per heavy atom. The summed E-state index contributed by atoms with van der Waals surface area (Å²) in [5.41, 5.74) is 1.96. The SMILES string of the molecule is O=C(NCc1cnco1)Nc1ccc(SNCc2ccccc2)cc1. The first-order chi connectivity index (χ1) is 12.3. The van der Waals surface area contributed by atoms with Crippen molar-refractivity contribution in [3.05, 3.63) is 78.5 Å². The van der Waals surface area contributed by atoms with Gasteiger partial charge in [0.05, 0.1) is 12.7 Å². The van der Waals surface area contributed by atoms with Crippen LogP contribution < -0.4 is 15.4 Å². The molecule has 25 heavy (non-hydrogen) atoms. The summed E-state index contributed by atoms with van der Waals surface area (Å²) in [4.78, 5) is 16.7. The fraction of sp³-hybridized carbons (Fsp3) is 0.111. The number of oxazole rings is 1. The Bertz CT molecular complexity index is 777. The maximum absolute atomic E-state index is 11.8. The van der Waals surface area contributed by atoms with E-state index in [-0.39, 0.29) is 6.03 Å². The highest BCUT2D eigenvalue weighted by atomic mass is 32.2. The topological polar surface area (TPSA) is 79.2 Å². The van der Waals surface area contributed by atoms with Crippen LogP contribution in [0.15, 0.2) is 76.5 Å². The molecule has 6 nitrogen and oxygen atoms in total. The quantitative estimate of drug-likeness (QED) is 0.563. The van der Waals surface area contributed by atoms with E-state index in [1.807, 2.05) is 42.5 Å². The number of carbonyl (C=O) groups excluding carboxylic acids is 1. The molecule has 1 heterocycles. The lowest BCUT2D eigenvalue weighted by atomic mass is 10.2. The molecule has 0 unspecified atom stereocenters. The van der Waals surface area contributed by atoms with Crippen molar-refractivity contribution in [2.45, 2.75) is 18.0 Å². The standard InChI is InChI=1S/C18H18N4O2S/c23-18(20-12-16-11-19-13-24-16)22-15-6-8-17(9-7-15)25-21-10-14-4-2-1-3-5-14/h1-9,11,13,21H,10,12H2,(H2,20,22,23). The molecule has 0 spiro atoms. The predicted molar refractivity (Wildman–Crippen MR) is 97.9 cm³/mol. The smallest absolute Gasteiger partial charge is 0.319 e. The van der Waals surface area contributed by atoms with Gasteiger partial charge in [-0.25, -0.2) is 9.78 Å². The second-order valence-corrected chi connectivity index (χ2v) is 6.17. The van der Waals surface area contributed by atoms with E-state index in [1.54, 1.807) is 18.1 Å². The van der Waals surface area contributed by atoms with E-state index in [0.29, 0.717) is 12.3 Å². The van der Waals surface area contributed by atoms with Crippen LogP contribution in [0.2, 0.25) is 0 Å². The number of benzene rings is 2. The second-order valence-electron chi connectivity index (χ2n) is 5.21. The van der Waals surface area contributed by atoms with Crippen molar-refractivity contribution in [3.63, 3.8) is 0 Å². The number of carbonyl (C=O) groups is 1. The van der Waals surface area contributed by atoms with E-state index < -0.39 is 0 Å². The Hall–Kier alpha value is -2.77. The van der Waals surface area contributed by atoms with Crippen LogP contribution in [0.4, 0.5) is 10.5 Å². The lowest BCUT2D eigenvalue weighted by molar-refractivity contribution is 0.251. The van der Waals surface area contributed by atoms with Gasteiger partial charge < -0.3 is 15.1 Å². The molecule has 0 bridgehead atoms. The third kappa shape index (κ3) is 5.66. The van der Waals surface area contributed by atoms with Crippen molar-refractivity contribution < 1.29 is 9.21 Å². The molecule has 3 rings (SSSR count). The van der Waals surface area contributed by atoms with Gasteiger partial charge in [-0.3, -0.25) is 4.72 Å². The van der Waals surface area contributed by atoms with Crippen LogP contribution >= 0.6 is 11.9 Å². The third-order valence-electron chi connectivity index (χ3n) is 3.33. The number of nitrogens with zero attached hydrogens (tertiary/aromatic N) is 1. The zero-order valence-electron chi connectivity index (χ0n) is 13.4. The molecule has 0 atom stereocenters. The largest absolute Gasteiger partial charge is 0.447 e. The molecule has 0 fully saturated rings. The Balaban J connectivity index is 1.41. The molecule has 0 radical (unpaired) electrons. The van der Waals surface area contributed by atoms with Crippen molar-refractivity contribution in [2.75, 3.05) is 5.32 Å². The zero-order valence-corrected chi connectivity index (χ0v) is 14.3. The van der Waals surface area contributed by atoms with E-state index in [9.17, 15) is 4.79 Å². The number of amides is 2. The molecule has 0 saturated heterocycles. The van der Waals surface area contributed by atoms with E-state index in [4.69, 9.17) is 4.42 Å². The van der Waals surface area contributed by atoms with E-state index in [0.717, 1.165) is 17.1 Å². The van der Waals surface area contributed by atoms with Gasteiger partial charge in [0, 0.05) is 17.1 Å². The highest BCUT2D eigenvalue weighted by Gasteiger charge is 2.03. The first kappa shape index (κ1) is 17.1. The lowest BCUT2D eigenvalue weighted by Gasteiger charge is -2.08. The molecule has 0 aliphatic carbocycles. The summed E-state index contributed by atoms with van der Waals surface area (Å²) in [5, 5.41) is 5.47. The average molecular weight is 354 g/mol. The Labute approximate surface area is 150 Å². The molecule has 128 valence electrons. The minimum absolute atomic E-state index is 0.293. The highest BCUT2D eigenvalue weighted by Crippen LogP contribution is 2.18. The van der Waals surface area contributed by atoms with Crippen LogP contribution in [0, 0.1) is 0 Å². The molecule has 0 aliphatic heterocycles. The first-order valence-corrected chi connectivity index (χ1v) is 8.57. The molecule has 1 aromatic heterocycles. The molecule has 3 aromatic rings. The molecule has 2 amide bonds. The molecular formula is C18H18N4O2S. The fourth-order valence-electron chi connectivity index (χ4n) is 2.08. The van der Waals surface area contributed by atoms with Crippen LogP contribution in [0.25, 0.3) is 0 Å². The van der Waals surface area contributed by atoms with Gasteiger partial charge in [-0.05, 0) is 41.8 Å². The Morgan fingerprint density at radius 1 is 1.04 bits per heavy atom. The first-order valence-electron chi connectivity index (χ1n) is 7.75. The second kappa shape index (κ2) is 8.91. The number of hydrogen-bond acceptors (Lipinski definition) is 5. The monoisotopic (exact) mass is 354 g/mol. The van der Waals surface area contributed by atoms with Gasteiger partial charge in [0.15, 0.2) is 6.39 Å². The van der Waals surface area contributed by atoms with Gasteiger partial charge in [0.2, 0.25) is 0 Å². The van der Waals surface area contributed by atoms with Crippen molar-refractivity contribution in [1.29, 1.82) is 0 Å². The van der Waals surface area contributed by atoms with Gasteiger partial charge in [0.1, 0.15) is 5.76 Å². The minimum Gasteiger partial charge on any atom is -0.447 e. The molecule has 0 saturated carbocycles. The highest BCUT2D eigenvalue weighted by molar-refractivity contribution is 7.97. The van der Waals surface area contributed by atoms with Crippen LogP contribution in [-0.4, -0.2) is 11.0 Å². The van der Waals surface area contributed by atoms with Gasteiger partial charge in [-0.2, -0.15) is 0 Å². The normalized spacial score (nSPS) is 10.4. The van der Waals surface area contributed by atoms with E-state index >= 15 is 0 Å². The number of nitrogens with one attached hydrogen (secondary N) is 3. The van der Waals surface area contributed by atoms with Crippen LogP contribution in [-0.2, 0) is 13.1 Å². The van der Waals surface area contributed by atoms with Gasteiger partial charge in [-0.15, -0.1) is 0 Å². The summed E-state index contributed by atoms with van der Waals surface area (Å²) in [6.07, 6.45) is 2.89. The lowest BCUT2D eigenvalue weighted by Crippen LogP contribution is -2.27. The average Bonchev–Trinajstić information content (AvgIpc) is 3.16. The predicted octanol–water partition coefficient (Wildman–Crippen LogP) is 3.79. The summed E-state index contributed by atoms with van der Waals surface area (Å²) in [6.45, 7) is 1.08. The zero-order chi connectivity index (χ0) is 17.3. The van der Waals surface area contributed by atoms with Crippen LogP contribution in [0.3, 0.4) is 0 Å². The summed E-state index contributed by atoms with van der Waals surface area (Å²) < 4.78 is 8.37. The summed E-state index contributed by atoms with van der Waals surface area (Å²) >= 11 is 1.55. The number of aromatic nitrogens is 1. The maximum atomic E-state index is 11.8.